The van der Waals surface area contributed by atoms with Gasteiger partial charge in [-0.2, -0.15) is 5.10 Å². The molecular weight excluding hydrogens is 316 g/mol. The molecule has 0 aliphatic carbocycles. The van der Waals surface area contributed by atoms with E-state index in [4.69, 9.17) is 0 Å². The van der Waals surface area contributed by atoms with Crippen LogP contribution in [0.4, 0.5) is 0 Å². The van der Waals surface area contributed by atoms with E-state index in [2.05, 4.69) is 19.6 Å². The quantitative estimate of drug-likeness (QED) is 0.717. The Morgan fingerprint density at radius 1 is 1.08 bits per heavy atom. The molecular formula is C18H20N6O. The van der Waals surface area contributed by atoms with E-state index in [0.717, 1.165) is 30.2 Å². The molecule has 0 bridgehead atoms. The number of amides is 1. The molecule has 0 N–H and O–H groups in total. The highest BCUT2D eigenvalue weighted by molar-refractivity contribution is 5.78. The van der Waals surface area contributed by atoms with Crippen LogP contribution >= 0.6 is 0 Å². The fourth-order valence-corrected chi connectivity index (χ4v) is 3.20. The summed E-state index contributed by atoms with van der Waals surface area (Å²) in [4.78, 5) is 23.3. The lowest BCUT2D eigenvalue weighted by molar-refractivity contribution is -0.130. The third-order valence-corrected chi connectivity index (χ3v) is 4.51. The van der Waals surface area contributed by atoms with Gasteiger partial charge in [-0.15, -0.1) is 0 Å². The molecule has 0 fully saturated rings. The van der Waals surface area contributed by atoms with Crippen LogP contribution in [-0.2, 0) is 30.7 Å². The number of aromatic nitrogens is 5. The van der Waals surface area contributed by atoms with Crippen LogP contribution in [0, 0.1) is 0 Å². The highest BCUT2D eigenvalue weighted by Gasteiger charge is 2.21. The van der Waals surface area contributed by atoms with Gasteiger partial charge in [-0.25, -0.2) is 4.98 Å². The molecule has 3 aromatic heterocycles. The Morgan fingerprint density at radius 2 is 2.04 bits per heavy atom. The Labute approximate surface area is 145 Å². The maximum Gasteiger partial charge on any atom is 0.228 e. The first-order valence-corrected chi connectivity index (χ1v) is 8.48. The molecule has 0 saturated heterocycles. The molecule has 1 aliphatic heterocycles. The Kier molecular flexibility index (Phi) is 4.28. The Bertz CT molecular complexity index is 840. The maximum absolute atomic E-state index is 12.6. The smallest absolute Gasteiger partial charge is 0.228 e. The Hall–Kier alpha value is -2.96. The third-order valence-electron chi connectivity index (χ3n) is 4.51. The number of hydrogen-bond acceptors (Lipinski definition) is 4. The van der Waals surface area contributed by atoms with Crippen molar-refractivity contribution in [3.8, 4) is 0 Å². The van der Waals surface area contributed by atoms with Crippen molar-refractivity contribution in [1.29, 1.82) is 0 Å². The number of carbonyl (C=O) groups is 1. The lowest BCUT2D eigenvalue weighted by atomic mass is 10.2. The van der Waals surface area contributed by atoms with E-state index < -0.39 is 0 Å². The molecule has 4 rings (SSSR count). The summed E-state index contributed by atoms with van der Waals surface area (Å²) in [6.07, 6.45) is 8.48. The molecule has 0 aromatic carbocycles. The molecule has 128 valence electrons. The highest BCUT2D eigenvalue weighted by Crippen LogP contribution is 2.13. The van der Waals surface area contributed by atoms with Crippen molar-refractivity contribution in [3.63, 3.8) is 0 Å². The van der Waals surface area contributed by atoms with Crippen molar-refractivity contribution in [1.82, 2.24) is 29.2 Å². The van der Waals surface area contributed by atoms with Gasteiger partial charge in [0.15, 0.2) is 0 Å². The fourth-order valence-electron chi connectivity index (χ4n) is 3.20. The fraction of sp³-hybridized carbons (Fsp3) is 0.333. The summed E-state index contributed by atoms with van der Waals surface area (Å²) in [5.74, 6) is 1.16. The van der Waals surface area contributed by atoms with E-state index in [9.17, 15) is 4.79 Å². The van der Waals surface area contributed by atoms with Crippen molar-refractivity contribution in [2.24, 2.45) is 0 Å². The van der Waals surface area contributed by atoms with E-state index in [1.807, 2.05) is 46.2 Å². The van der Waals surface area contributed by atoms with Gasteiger partial charge >= 0.3 is 0 Å². The Morgan fingerprint density at radius 3 is 2.84 bits per heavy atom. The summed E-state index contributed by atoms with van der Waals surface area (Å²) in [5, 5.41) is 4.26. The highest BCUT2D eigenvalue weighted by atomic mass is 16.2. The van der Waals surface area contributed by atoms with Crippen molar-refractivity contribution >= 4 is 5.91 Å². The summed E-state index contributed by atoms with van der Waals surface area (Å²) in [5.41, 5.74) is 1.94. The first-order chi connectivity index (χ1) is 12.3. The van der Waals surface area contributed by atoms with E-state index >= 15 is 0 Å². The van der Waals surface area contributed by atoms with Gasteiger partial charge in [0.1, 0.15) is 5.82 Å². The summed E-state index contributed by atoms with van der Waals surface area (Å²) in [7, 11) is 0. The van der Waals surface area contributed by atoms with E-state index in [0.29, 0.717) is 26.1 Å². The molecule has 0 atom stereocenters. The number of pyridine rings is 1. The molecule has 7 heteroatoms. The molecule has 4 heterocycles. The molecule has 0 saturated carbocycles. The molecule has 1 aliphatic rings. The van der Waals surface area contributed by atoms with E-state index in [1.165, 1.54) is 0 Å². The SMILES string of the molecule is O=C(Cc1ccccn1)N1CCc2ncc(Cn3cccn3)n2CC1. The lowest BCUT2D eigenvalue weighted by Gasteiger charge is -2.20. The second kappa shape index (κ2) is 6.88. The summed E-state index contributed by atoms with van der Waals surface area (Å²) < 4.78 is 4.11. The number of fused-ring (bicyclic) bond motifs is 1. The van der Waals surface area contributed by atoms with Crippen molar-refractivity contribution in [3.05, 3.63) is 66.3 Å². The predicted molar refractivity (Wildman–Crippen MR) is 91.8 cm³/mol. The zero-order valence-corrected chi connectivity index (χ0v) is 14.0. The van der Waals surface area contributed by atoms with Gasteiger partial charge in [-0.05, 0) is 18.2 Å². The van der Waals surface area contributed by atoms with Gasteiger partial charge in [-0.3, -0.25) is 14.5 Å². The molecule has 1 amide bonds. The first-order valence-electron chi connectivity index (χ1n) is 8.48. The van der Waals surface area contributed by atoms with Gasteiger partial charge in [0.2, 0.25) is 5.91 Å². The van der Waals surface area contributed by atoms with Crippen molar-refractivity contribution in [2.45, 2.75) is 25.9 Å². The second-order valence-corrected chi connectivity index (χ2v) is 6.15. The van der Waals surface area contributed by atoms with Crippen LogP contribution in [0.1, 0.15) is 17.2 Å². The summed E-state index contributed by atoms with van der Waals surface area (Å²) in [6, 6.07) is 7.58. The number of hydrogen-bond donors (Lipinski definition) is 0. The van der Waals surface area contributed by atoms with Crippen LogP contribution in [0.3, 0.4) is 0 Å². The minimum Gasteiger partial charge on any atom is -0.340 e. The summed E-state index contributed by atoms with van der Waals surface area (Å²) in [6.45, 7) is 2.85. The van der Waals surface area contributed by atoms with Crippen LogP contribution in [-0.4, -0.2) is 48.2 Å². The number of imidazole rings is 1. The monoisotopic (exact) mass is 336 g/mol. The molecule has 0 spiro atoms. The van der Waals surface area contributed by atoms with Gasteiger partial charge in [0, 0.05) is 50.3 Å². The molecule has 3 aromatic rings. The van der Waals surface area contributed by atoms with Crippen LogP contribution < -0.4 is 0 Å². The third kappa shape index (κ3) is 3.45. The van der Waals surface area contributed by atoms with Gasteiger partial charge in [0.05, 0.1) is 24.9 Å². The standard InChI is InChI=1S/C18H20N6O/c25-18(12-15-4-1-2-6-19-15)22-9-5-17-20-13-16(24(17)11-10-22)14-23-8-3-7-21-23/h1-4,6-8,13H,5,9-12,14H2. The second-order valence-electron chi connectivity index (χ2n) is 6.15. The number of nitrogens with zero attached hydrogens (tertiary/aromatic N) is 6. The van der Waals surface area contributed by atoms with Gasteiger partial charge < -0.3 is 9.47 Å². The lowest BCUT2D eigenvalue weighted by Crippen LogP contribution is -2.35. The van der Waals surface area contributed by atoms with Gasteiger partial charge in [-0.1, -0.05) is 6.07 Å². The average Bonchev–Trinajstić information content (AvgIpc) is 3.22. The Balaban J connectivity index is 1.43. The van der Waals surface area contributed by atoms with Crippen LogP contribution in [0.15, 0.2) is 49.1 Å². The topological polar surface area (TPSA) is 68.8 Å². The molecule has 0 radical (unpaired) electrons. The zero-order valence-electron chi connectivity index (χ0n) is 14.0. The van der Waals surface area contributed by atoms with Crippen LogP contribution in [0.2, 0.25) is 0 Å². The molecule has 25 heavy (non-hydrogen) atoms. The first kappa shape index (κ1) is 15.6. The van der Waals surface area contributed by atoms with E-state index in [1.54, 1.807) is 12.4 Å². The molecule has 7 nitrogen and oxygen atoms in total. The normalized spacial score (nSPS) is 14.2. The number of carbonyl (C=O) groups excluding carboxylic acids is 1. The minimum atomic E-state index is 0.123. The molecule has 0 unspecified atom stereocenters. The van der Waals surface area contributed by atoms with Crippen LogP contribution in [0.5, 0.6) is 0 Å². The van der Waals surface area contributed by atoms with Crippen LogP contribution in [0.25, 0.3) is 0 Å². The van der Waals surface area contributed by atoms with E-state index in [-0.39, 0.29) is 5.91 Å². The maximum atomic E-state index is 12.6. The average molecular weight is 336 g/mol. The van der Waals surface area contributed by atoms with Crippen molar-refractivity contribution < 1.29 is 4.79 Å². The summed E-state index contributed by atoms with van der Waals surface area (Å²) >= 11 is 0. The predicted octanol–water partition coefficient (Wildman–Crippen LogP) is 1.15. The minimum absolute atomic E-state index is 0.123. The van der Waals surface area contributed by atoms with Gasteiger partial charge in [0.25, 0.3) is 0 Å². The zero-order chi connectivity index (χ0) is 17.1. The number of rotatable bonds is 4. The largest absolute Gasteiger partial charge is 0.340 e. The van der Waals surface area contributed by atoms with Crippen molar-refractivity contribution in [2.75, 3.05) is 13.1 Å².